The molecule has 0 saturated heterocycles. The zero-order valence-corrected chi connectivity index (χ0v) is 10.3. The van der Waals surface area contributed by atoms with Gasteiger partial charge in [-0.3, -0.25) is 0 Å². The van der Waals surface area contributed by atoms with Gasteiger partial charge in [0.25, 0.3) is 0 Å². The highest BCUT2D eigenvalue weighted by molar-refractivity contribution is 6.12. The lowest BCUT2D eigenvalue weighted by molar-refractivity contribution is -0.151. The smallest absolute Gasteiger partial charge is 0.342 e. The quantitative estimate of drug-likeness (QED) is 0.479. The second-order valence-electron chi connectivity index (χ2n) is 4.96. The largest absolute Gasteiger partial charge is 0.386 e. The van der Waals surface area contributed by atoms with Crippen molar-refractivity contribution in [1.29, 1.82) is 0 Å². The van der Waals surface area contributed by atoms with E-state index in [0.29, 0.717) is 11.1 Å². The fourth-order valence-electron chi connectivity index (χ4n) is 2.62. The first-order chi connectivity index (χ1) is 8.29. The van der Waals surface area contributed by atoms with Crippen molar-refractivity contribution in [1.82, 2.24) is 0 Å². The summed E-state index contributed by atoms with van der Waals surface area (Å²) < 4.78 is 4.71. The average molecular weight is 236 g/mol. The molecule has 0 amide bonds. The molecule has 0 aromatic heterocycles. The third-order valence-electron chi connectivity index (χ3n) is 3.65. The Kier molecular flexibility index (Phi) is 4.35. The van der Waals surface area contributed by atoms with E-state index in [-0.39, 0.29) is 11.9 Å². The summed E-state index contributed by atoms with van der Waals surface area (Å²) in [5, 5.41) is 0. The molecule has 0 bridgehead atoms. The SMILES string of the molecule is O=C1OC(=O)C2=C1CCCCCCCCCC2. The molecule has 1 heterocycles. The van der Waals surface area contributed by atoms with Gasteiger partial charge in [-0.05, 0) is 25.7 Å². The van der Waals surface area contributed by atoms with E-state index in [1.165, 1.54) is 25.7 Å². The highest BCUT2D eigenvalue weighted by Gasteiger charge is 2.31. The fraction of sp³-hybridized carbons (Fsp3) is 0.714. The summed E-state index contributed by atoms with van der Waals surface area (Å²) in [6.45, 7) is 0. The molecule has 2 aliphatic rings. The molecule has 0 unspecified atom stereocenters. The van der Waals surface area contributed by atoms with E-state index in [0.717, 1.165) is 38.5 Å². The lowest BCUT2D eigenvalue weighted by atomic mass is 9.96. The van der Waals surface area contributed by atoms with E-state index >= 15 is 0 Å². The zero-order valence-electron chi connectivity index (χ0n) is 10.3. The van der Waals surface area contributed by atoms with Crippen molar-refractivity contribution in [3.8, 4) is 0 Å². The van der Waals surface area contributed by atoms with Crippen LogP contribution in [0, 0.1) is 0 Å². The summed E-state index contributed by atoms with van der Waals surface area (Å²) in [6, 6.07) is 0. The van der Waals surface area contributed by atoms with Gasteiger partial charge in [-0.1, -0.05) is 38.5 Å². The Balaban J connectivity index is 2.06. The average Bonchev–Trinajstić information content (AvgIpc) is 2.54. The molecular formula is C14H20O3. The van der Waals surface area contributed by atoms with Crippen molar-refractivity contribution in [2.24, 2.45) is 0 Å². The van der Waals surface area contributed by atoms with Gasteiger partial charge in [0, 0.05) is 11.1 Å². The number of rotatable bonds is 0. The molecule has 0 aromatic carbocycles. The van der Waals surface area contributed by atoms with E-state index in [9.17, 15) is 9.59 Å². The van der Waals surface area contributed by atoms with Gasteiger partial charge in [0.15, 0.2) is 0 Å². The molecule has 17 heavy (non-hydrogen) atoms. The number of cyclic esters (lactones) is 2. The molecule has 1 aliphatic heterocycles. The van der Waals surface area contributed by atoms with Crippen LogP contribution in [0.3, 0.4) is 0 Å². The van der Waals surface area contributed by atoms with Gasteiger partial charge in [-0.25, -0.2) is 9.59 Å². The number of esters is 2. The Bertz CT molecular complexity index is 309. The minimum absolute atomic E-state index is 0.387. The Hall–Kier alpha value is -1.12. The van der Waals surface area contributed by atoms with E-state index in [1.807, 2.05) is 0 Å². The van der Waals surface area contributed by atoms with E-state index < -0.39 is 0 Å². The molecule has 0 spiro atoms. The minimum atomic E-state index is -0.387. The Morgan fingerprint density at radius 2 is 0.941 bits per heavy atom. The Morgan fingerprint density at radius 3 is 1.35 bits per heavy atom. The summed E-state index contributed by atoms with van der Waals surface area (Å²) in [6.07, 6.45) is 10.8. The highest BCUT2D eigenvalue weighted by Crippen LogP contribution is 2.27. The van der Waals surface area contributed by atoms with Crippen molar-refractivity contribution in [3.05, 3.63) is 11.1 Å². The van der Waals surface area contributed by atoms with Crippen molar-refractivity contribution in [2.45, 2.75) is 64.2 Å². The van der Waals surface area contributed by atoms with Crippen LogP contribution >= 0.6 is 0 Å². The molecule has 0 atom stereocenters. The summed E-state index contributed by atoms with van der Waals surface area (Å²) in [5.74, 6) is -0.774. The first kappa shape index (κ1) is 12.3. The maximum atomic E-state index is 11.5. The van der Waals surface area contributed by atoms with Crippen molar-refractivity contribution in [2.75, 3.05) is 0 Å². The van der Waals surface area contributed by atoms with Gasteiger partial charge < -0.3 is 4.74 Å². The molecule has 1 aliphatic carbocycles. The van der Waals surface area contributed by atoms with Crippen LogP contribution in [-0.2, 0) is 14.3 Å². The monoisotopic (exact) mass is 236 g/mol. The molecule has 0 aromatic rings. The summed E-state index contributed by atoms with van der Waals surface area (Å²) >= 11 is 0. The first-order valence-electron chi connectivity index (χ1n) is 6.77. The molecule has 2 rings (SSSR count). The van der Waals surface area contributed by atoms with Crippen LogP contribution in [-0.4, -0.2) is 11.9 Å². The second kappa shape index (κ2) is 5.99. The van der Waals surface area contributed by atoms with Gasteiger partial charge in [0.05, 0.1) is 0 Å². The van der Waals surface area contributed by atoms with Crippen LogP contribution in [0.5, 0.6) is 0 Å². The maximum Gasteiger partial charge on any atom is 0.342 e. The third kappa shape index (κ3) is 3.18. The first-order valence-corrected chi connectivity index (χ1v) is 6.77. The summed E-state index contributed by atoms with van der Waals surface area (Å²) in [7, 11) is 0. The molecule has 0 saturated carbocycles. The van der Waals surface area contributed by atoms with Crippen molar-refractivity contribution >= 4 is 11.9 Å². The van der Waals surface area contributed by atoms with Crippen molar-refractivity contribution in [3.63, 3.8) is 0 Å². The molecule has 3 heteroatoms. The van der Waals surface area contributed by atoms with Crippen LogP contribution < -0.4 is 0 Å². The number of hydrogen-bond donors (Lipinski definition) is 0. The van der Waals surface area contributed by atoms with E-state index in [4.69, 9.17) is 4.74 Å². The second-order valence-corrected chi connectivity index (χ2v) is 4.96. The van der Waals surface area contributed by atoms with Crippen LogP contribution in [0.1, 0.15) is 64.2 Å². The summed E-state index contributed by atoms with van der Waals surface area (Å²) in [4.78, 5) is 23.1. The number of carbonyl (C=O) groups is 2. The molecule has 0 N–H and O–H groups in total. The van der Waals surface area contributed by atoms with Crippen molar-refractivity contribution < 1.29 is 14.3 Å². The third-order valence-corrected chi connectivity index (χ3v) is 3.65. The number of carbonyl (C=O) groups excluding carboxylic acids is 2. The van der Waals surface area contributed by atoms with E-state index in [1.54, 1.807) is 0 Å². The predicted molar refractivity (Wildman–Crippen MR) is 64.3 cm³/mol. The molecule has 0 radical (unpaired) electrons. The van der Waals surface area contributed by atoms with Crippen LogP contribution in [0.4, 0.5) is 0 Å². The van der Waals surface area contributed by atoms with Gasteiger partial charge in [0.2, 0.25) is 0 Å². The van der Waals surface area contributed by atoms with Gasteiger partial charge in [-0.2, -0.15) is 0 Å². The summed E-state index contributed by atoms with van der Waals surface area (Å²) in [5.41, 5.74) is 1.33. The number of hydrogen-bond acceptors (Lipinski definition) is 3. The zero-order chi connectivity index (χ0) is 12.1. The molecule has 94 valence electrons. The lowest BCUT2D eigenvalue weighted by Gasteiger charge is -2.06. The molecule has 3 nitrogen and oxygen atoms in total. The Labute approximate surface area is 102 Å². The predicted octanol–water partition coefficient (Wildman–Crippen LogP) is 3.28. The normalized spacial score (nSPS) is 23.8. The molecule has 0 fully saturated rings. The number of ether oxygens (including phenoxy) is 1. The fourth-order valence-corrected chi connectivity index (χ4v) is 2.62. The maximum absolute atomic E-state index is 11.5. The van der Waals surface area contributed by atoms with Crippen LogP contribution in [0.2, 0.25) is 0 Å². The highest BCUT2D eigenvalue weighted by atomic mass is 16.6. The van der Waals surface area contributed by atoms with Gasteiger partial charge >= 0.3 is 11.9 Å². The van der Waals surface area contributed by atoms with Gasteiger partial charge in [0.1, 0.15) is 0 Å². The van der Waals surface area contributed by atoms with E-state index in [2.05, 4.69) is 0 Å². The van der Waals surface area contributed by atoms with Crippen LogP contribution in [0.15, 0.2) is 11.1 Å². The van der Waals surface area contributed by atoms with Crippen LogP contribution in [0.25, 0.3) is 0 Å². The lowest BCUT2D eigenvalue weighted by Crippen LogP contribution is -2.02. The Morgan fingerprint density at radius 1 is 0.588 bits per heavy atom. The van der Waals surface area contributed by atoms with Gasteiger partial charge in [-0.15, -0.1) is 0 Å². The molecular weight excluding hydrogens is 216 g/mol. The minimum Gasteiger partial charge on any atom is -0.386 e. The topological polar surface area (TPSA) is 43.4 Å². The standard InChI is InChI=1S/C14H20O3/c15-13-11-9-7-5-3-1-2-4-6-8-10-12(11)14(16)17-13/h1-10H2.